The average Bonchev–Trinajstić information content (AvgIpc) is 2.79. The lowest BCUT2D eigenvalue weighted by molar-refractivity contribution is 0.160. The van der Waals surface area contributed by atoms with Crippen LogP contribution in [0.15, 0.2) is 0 Å². The molecule has 2 nitrogen and oxygen atoms in total. The molecule has 0 aliphatic heterocycles. The number of fused-ring (bicyclic) bond motifs is 2. The SMILES string of the molecule is CN(C)CCCC1C2CCC(C2)C1CN(C)C. The minimum absolute atomic E-state index is 1.01. The predicted molar refractivity (Wildman–Crippen MR) is 74.2 cm³/mol. The lowest BCUT2D eigenvalue weighted by Gasteiger charge is -2.33. The number of hydrogen-bond acceptors (Lipinski definition) is 2. The zero-order valence-electron chi connectivity index (χ0n) is 12.2. The molecule has 0 spiro atoms. The zero-order valence-corrected chi connectivity index (χ0v) is 12.2. The van der Waals surface area contributed by atoms with Crippen molar-refractivity contribution in [1.29, 1.82) is 0 Å². The molecule has 0 aromatic carbocycles. The van der Waals surface area contributed by atoms with Crippen LogP contribution in [0.25, 0.3) is 0 Å². The van der Waals surface area contributed by atoms with Crippen LogP contribution in [0.1, 0.15) is 32.1 Å². The second-order valence-electron chi connectivity index (χ2n) is 6.87. The van der Waals surface area contributed by atoms with Gasteiger partial charge in [-0.2, -0.15) is 0 Å². The molecule has 2 aliphatic carbocycles. The van der Waals surface area contributed by atoms with Gasteiger partial charge >= 0.3 is 0 Å². The first kappa shape index (κ1) is 13.4. The number of nitrogens with zero attached hydrogens (tertiary/aromatic N) is 2. The third kappa shape index (κ3) is 3.23. The van der Waals surface area contributed by atoms with Gasteiger partial charge in [-0.25, -0.2) is 0 Å². The van der Waals surface area contributed by atoms with E-state index in [-0.39, 0.29) is 0 Å². The van der Waals surface area contributed by atoms with Gasteiger partial charge in [-0.15, -0.1) is 0 Å². The molecular formula is C15H30N2. The molecule has 100 valence electrons. The Bertz CT molecular complexity index is 237. The molecule has 4 atom stereocenters. The summed E-state index contributed by atoms with van der Waals surface area (Å²) in [5, 5.41) is 0. The molecule has 4 unspecified atom stereocenters. The van der Waals surface area contributed by atoms with Gasteiger partial charge in [0.1, 0.15) is 0 Å². The van der Waals surface area contributed by atoms with Crippen molar-refractivity contribution in [3.05, 3.63) is 0 Å². The van der Waals surface area contributed by atoms with Crippen molar-refractivity contribution in [3.63, 3.8) is 0 Å². The fraction of sp³-hybridized carbons (Fsp3) is 1.00. The summed E-state index contributed by atoms with van der Waals surface area (Å²) in [6, 6.07) is 0. The Labute approximate surface area is 107 Å². The summed E-state index contributed by atoms with van der Waals surface area (Å²) in [6.45, 7) is 2.59. The predicted octanol–water partition coefficient (Wildman–Crippen LogP) is 2.55. The Hall–Kier alpha value is -0.0800. The van der Waals surface area contributed by atoms with E-state index in [1.54, 1.807) is 6.42 Å². The lowest BCUT2D eigenvalue weighted by atomic mass is 9.76. The Morgan fingerprint density at radius 1 is 0.882 bits per heavy atom. The molecule has 0 radical (unpaired) electrons. The molecule has 0 N–H and O–H groups in total. The molecule has 0 amide bonds. The highest BCUT2D eigenvalue weighted by Gasteiger charge is 2.46. The van der Waals surface area contributed by atoms with Crippen LogP contribution in [0, 0.1) is 23.7 Å². The first-order valence-corrected chi connectivity index (χ1v) is 7.37. The molecule has 0 aromatic heterocycles. The van der Waals surface area contributed by atoms with Crippen LogP contribution in [-0.4, -0.2) is 51.1 Å². The lowest BCUT2D eigenvalue weighted by Crippen LogP contribution is -2.32. The van der Waals surface area contributed by atoms with Crippen molar-refractivity contribution < 1.29 is 0 Å². The maximum Gasteiger partial charge on any atom is 0.000896 e. The molecule has 2 heteroatoms. The van der Waals surface area contributed by atoms with Crippen LogP contribution in [0.3, 0.4) is 0 Å². The van der Waals surface area contributed by atoms with Gasteiger partial charge in [-0.3, -0.25) is 0 Å². The molecule has 0 heterocycles. The fourth-order valence-electron chi connectivity index (χ4n) is 4.33. The van der Waals surface area contributed by atoms with Crippen LogP contribution in [0.4, 0.5) is 0 Å². The normalized spacial score (nSPS) is 36.4. The molecule has 2 aliphatic rings. The van der Waals surface area contributed by atoms with Crippen molar-refractivity contribution in [2.75, 3.05) is 41.3 Å². The van der Waals surface area contributed by atoms with E-state index in [1.807, 2.05) is 0 Å². The van der Waals surface area contributed by atoms with Gasteiger partial charge in [0.15, 0.2) is 0 Å². The summed E-state index contributed by atoms with van der Waals surface area (Å²) in [4.78, 5) is 4.73. The van der Waals surface area contributed by atoms with E-state index in [0.29, 0.717) is 0 Å². The molecule has 2 saturated carbocycles. The fourth-order valence-corrected chi connectivity index (χ4v) is 4.33. The van der Waals surface area contributed by atoms with E-state index >= 15 is 0 Å². The largest absolute Gasteiger partial charge is 0.309 e. The summed E-state index contributed by atoms with van der Waals surface area (Å²) >= 11 is 0. The standard InChI is InChI=1S/C15H30N2/c1-16(2)9-5-6-14-12-7-8-13(10-12)15(14)11-17(3)4/h12-15H,5-11H2,1-4H3. The minimum atomic E-state index is 1.01. The van der Waals surface area contributed by atoms with Gasteiger partial charge in [0.2, 0.25) is 0 Å². The van der Waals surface area contributed by atoms with Gasteiger partial charge in [0, 0.05) is 6.54 Å². The van der Waals surface area contributed by atoms with Crippen molar-refractivity contribution in [1.82, 2.24) is 9.80 Å². The monoisotopic (exact) mass is 238 g/mol. The topological polar surface area (TPSA) is 6.48 Å². The minimum Gasteiger partial charge on any atom is -0.309 e. The van der Waals surface area contributed by atoms with Crippen LogP contribution in [0.2, 0.25) is 0 Å². The summed E-state index contributed by atoms with van der Waals surface area (Å²) < 4.78 is 0. The summed E-state index contributed by atoms with van der Waals surface area (Å²) in [5.74, 6) is 4.18. The van der Waals surface area contributed by atoms with Gasteiger partial charge in [-0.05, 0) is 90.5 Å². The second kappa shape index (κ2) is 5.71. The van der Waals surface area contributed by atoms with Crippen LogP contribution in [-0.2, 0) is 0 Å². The highest BCUT2D eigenvalue weighted by atomic mass is 15.1. The Morgan fingerprint density at radius 2 is 1.53 bits per heavy atom. The average molecular weight is 238 g/mol. The van der Waals surface area contributed by atoms with Gasteiger partial charge < -0.3 is 9.80 Å². The quantitative estimate of drug-likeness (QED) is 0.702. The van der Waals surface area contributed by atoms with Crippen LogP contribution < -0.4 is 0 Å². The Morgan fingerprint density at radius 3 is 2.12 bits per heavy atom. The smallest absolute Gasteiger partial charge is 0.000896 e. The number of rotatable bonds is 6. The first-order valence-electron chi connectivity index (χ1n) is 7.37. The number of hydrogen-bond donors (Lipinski definition) is 0. The summed E-state index contributed by atoms with van der Waals surface area (Å²) in [7, 11) is 8.86. The zero-order chi connectivity index (χ0) is 12.4. The maximum absolute atomic E-state index is 2.41. The summed E-state index contributed by atoms with van der Waals surface area (Å²) in [5.41, 5.74) is 0. The van der Waals surface area contributed by atoms with E-state index in [4.69, 9.17) is 0 Å². The molecule has 0 aromatic rings. The Balaban J connectivity index is 1.85. The summed E-state index contributed by atoms with van der Waals surface area (Å²) in [6.07, 6.45) is 7.46. The van der Waals surface area contributed by atoms with E-state index in [1.165, 1.54) is 38.8 Å². The molecule has 2 fully saturated rings. The van der Waals surface area contributed by atoms with Crippen molar-refractivity contribution in [2.45, 2.75) is 32.1 Å². The van der Waals surface area contributed by atoms with Gasteiger partial charge in [0.05, 0.1) is 0 Å². The van der Waals surface area contributed by atoms with Crippen LogP contribution in [0.5, 0.6) is 0 Å². The molecule has 17 heavy (non-hydrogen) atoms. The molecule has 0 saturated heterocycles. The highest BCUT2D eigenvalue weighted by molar-refractivity contribution is 4.96. The highest BCUT2D eigenvalue weighted by Crippen LogP contribution is 2.53. The van der Waals surface area contributed by atoms with Gasteiger partial charge in [0.25, 0.3) is 0 Å². The van der Waals surface area contributed by atoms with Crippen molar-refractivity contribution >= 4 is 0 Å². The van der Waals surface area contributed by atoms with Crippen molar-refractivity contribution in [3.8, 4) is 0 Å². The first-order chi connectivity index (χ1) is 8.08. The van der Waals surface area contributed by atoms with Crippen molar-refractivity contribution in [2.24, 2.45) is 23.7 Å². The van der Waals surface area contributed by atoms with E-state index < -0.39 is 0 Å². The second-order valence-corrected chi connectivity index (χ2v) is 6.87. The van der Waals surface area contributed by atoms with E-state index in [9.17, 15) is 0 Å². The van der Waals surface area contributed by atoms with Crippen LogP contribution >= 0.6 is 0 Å². The van der Waals surface area contributed by atoms with E-state index in [2.05, 4.69) is 38.0 Å². The molecule has 2 bridgehead atoms. The third-order valence-electron chi connectivity index (χ3n) is 4.99. The molecule has 2 rings (SSSR count). The third-order valence-corrected chi connectivity index (χ3v) is 4.99. The van der Waals surface area contributed by atoms with Gasteiger partial charge in [-0.1, -0.05) is 0 Å². The van der Waals surface area contributed by atoms with E-state index in [0.717, 1.165) is 23.7 Å². The molecular weight excluding hydrogens is 208 g/mol. The Kier molecular flexibility index (Phi) is 4.48. The maximum atomic E-state index is 2.41.